The lowest BCUT2D eigenvalue weighted by atomic mass is 9.81. The zero-order valence-electron chi connectivity index (χ0n) is 21.6. The first-order valence-corrected chi connectivity index (χ1v) is 12.6. The van der Waals surface area contributed by atoms with Crippen LogP contribution < -0.4 is 0 Å². The maximum atomic E-state index is 2.43. The van der Waals surface area contributed by atoms with Gasteiger partial charge < -0.3 is 0 Å². The first kappa shape index (κ1) is 24.5. The van der Waals surface area contributed by atoms with E-state index >= 15 is 0 Å². The molecule has 0 spiro atoms. The summed E-state index contributed by atoms with van der Waals surface area (Å²) >= 11 is 0. The highest BCUT2D eigenvalue weighted by molar-refractivity contribution is 6.10. The van der Waals surface area contributed by atoms with Crippen molar-refractivity contribution >= 4 is 32.3 Å². The summed E-state index contributed by atoms with van der Waals surface area (Å²) in [6.07, 6.45) is 0. The van der Waals surface area contributed by atoms with Crippen LogP contribution in [0, 0.1) is 0 Å². The molecule has 6 rings (SSSR count). The van der Waals surface area contributed by atoms with Crippen molar-refractivity contribution in [3.8, 4) is 11.1 Å². The predicted octanol–water partition coefficient (Wildman–Crippen LogP) is 10.5. The zero-order chi connectivity index (χ0) is 24.2. The van der Waals surface area contributed by atoms with Gasteiger partial charge >= 0.3 is 0 Å². The Hall–Kier alpha value is -3.12. The van der Waals surface area contributed by atoms with Gasteiger partial charge in [0.1, 0.15) is 0 Å². The van der Waals surface area contributed by atoms with Crippen molar-refractivity contribution in [3.63, 3.8) is 0 Å². The van der Waals surface area contributed by atoms with Gasteiger partial charge in [-0.3, -0.25) is 0 Å². The molecule has 0 heteroatoms. The minimum Gasteiger partial charge on any atom is -0.0683 e. The number of benzene rings is 5. The molecule has 0 saturated carbocycles. The Bertz CT molecular complexity index is 1390. The molecule has 0 aliphatic heterocycles. The monoisotopic (exact) mass is 434 g/mol. The van der Waals surface area contributed by atoms with Gasteiger partial charge in [0.2, 0.25) is 0 Å². The van der Waals surface area contributed by atoms with Gasteiger partial charge in [-0.05, 0) is 78.8 Å². The number of fused-ring (bicyclic) bond motifs is 7. The molecule has 170 valence electrons. The summed E-state index contributed by atoms with van der Waals surface area (Å²) in [4.78, 5) is 0. The van der Waals surface area contributed by atoms with Gasteiger partial charge in [0.05, 0.1) is 0 Å². The first-order valence-electron chi connectivity index (χ1n) is 12.6. The quantitative estimate of drug-likeness (QED) is 0.213. The first-order chi connectivity index (χ1) is 16.1. The summed E-state index contributed by atoms with van der Waals surface area (Å²) in [5.41, 5.74) is 5.69. The van der Waals surface area contributed by atoms with E-state index in [1.807, 2.05) is 41.5 Å². The third kappa shape index (κ3) is 4.04. The highest BCUT2D eigenvalue weighted by atomic mass is 14.4. The summed E-state index contributed by atoms with van der Waals surface area (Å²) < 4.78 is 0. The fourth-order valence-electron chi connectivity index (χ4n) is 4.92. The van der Waals surface area contributed by atoms with E-state index in [1.54, 1.807) is 0 Å². The standard InChI is InChI=1S/C27H20.3C2H6/c1-27(2)25-14-19-9-4-3-8-18(19)13-23(25)24-16-22-20(15-26(24)27)12-11-17-7-5-6-10-21(17)22;3*1-2/h3-16H,1-2H3;3*1-2H3. The van der Waals surface area contributed by atoms with Crippen LogP contribution in [-0.2, 0) is 5.41 Å². The van der Waals surface area contributed by atoms with Crippen molar-refractivity contribution in [2.75, 3.05) is 0 Å². The van der Waals surface area contributed by atoms with Crippen LogP contribution in [0.1, 0.15) is 66.5 Å². The fourth-order valence-corrected chi connectivity index (χ4v) is 4.92. The second kappa shape index (κ2) is 10.2. The Kier molecular flexibility index (Phi) is 7.59. The summed E-state index contributed by atoms with van der Waals surface area (Å²) in [5.74, 6) is 0. The third-order valence-corrected chi connectivity index (χ3v) is 6.41. The molecule has 0 unspecified atom stereocenters. The molecule has 0 aromatic heterocycles. The maximum Gasteiger partial charge on any atom is 0.0159 e. The van der Waals surface area contributed by atoms with Crippen molar-refractivity contribution in [1.82, 2.24) is 0 Å². The molecule has 5 aromatic carbocycles. The molecule has 1 aliphatic rings. The Morgan fingerprint density at radius 3 is 1.52 bits per heavy atom. The normalized spacial score (nSPS) is 12.5. The average Bonchev–Trinajstić information content (AvgIpc) is 3.10. The molecule has 0 amide bonds. The molecule has 0 saturated heterocycles. The van der Waals surface area contributed by atoms with Crippen molar-refractivity contribution in [1.29, 1.82) is 0 Å². The minimum atomic E-state index is 0.0224. The van der Waals surface area contributed by atoms with E-state index in [0.717, 1.165) is 0 Å². The van der Waals surface area contributed by atoms with E-state index < -0.39 is 0 Å². The molecule has 5 aromatic rings. The van der Waals surface area contributed by atoms with Crippen LogP contribution in [0.5, 0.6) is 0 Å². The summed E-state index contributed by atoms with van der Waals surface area (Å²) in [7, 11) is 0. The second-order valence-corrected chi connectivity index (χ2v) is 8.28. The van der Waals surface area contributed by atoms with Gasteiger partial charge in [-0.15, -0.1) is 0 Å². The number of rotatable bonds is 0. The zero-order valence-corrected chi connectivity index (χ0v) is 21.6. The minimum absolute atomic E-state index is 0.0224. The molecule has 0 N–H and O–H groups in total. The SMILES string of the molecule is CC.CC.CC.CC1(C)c2cc3ccccc3cc2-c2cc3c(ccc4ccccc43)cc21. The molecule has 0 heterocycles. The molecular formula is C33H38. The van der Waals surface area contributed by atoms with Gasteiger partial charge in [-0.25, -0.2) is 0 Å². The summed E-state index contributed by atoms with van der Waals surface area (Å²) in [6.45, 7) is 16.7. The molecule has 1 aliphatic carbocycles. The summed E-state index contributed by atoms with van der Waals surface area (Å²) in [5, 5.41) is 7.97. The average molecular weight is 435 g/mol. The van der Waals surface area contributed by atoms with E-state index in [4.69, 9.17) is 0 Å². The molecule has 33 heavy (non-hydrogen) atoms. The molecule has 0 fully saturated rings. The van der Waals surface area contributed by atoms with E-state index in [2.05, 4.69) is 98.8 Å². The van der Waals surface area contributed by atoms with Crippen LogP contribution >= 0.6 is 0 Å². The molecule has 0 atom stereocenters. The largest absolute Gasteiger partial charge is 0.0683 e. The number of hydrogen-bond donors (Lipinski definition) is 0. The van der Waals surface area contributed by atoms with Crippen molar-refractivity contribution in [3.05, 3.63) is 96.1 Å². The Morgan fingerprint density at radius 2 is 0.879 bits per heavy atom. The van der Waals surface area contributed by atoms with E-state index in [1.165, 1.54) is 54.6 Å². The lowest BCUT2D eigenvalue weighted by molar-refractivity contribution is 0.662. The second-order valence-electron chi connectivity index (χ2n) is 8.28. The van der Waals surface area contributed by atoms with Crippen molar-refractivity contribution < 1.29 is 0 Å². The van der Waals surface area contributed by atoms with Gasteiger partial charge in [0.25, 0.3) is 0 Å². The molecule has 0 bridgehead atoms. The van der Waals surface area contributed by atoms with Crippen molar-refractivity contribution in [2.45, 2.75) is 60.8 Å². The van der Waals surface area contributed by atoms with Gasteiger partial charge in [0, 0.05) is 5.41 Å². The number of hydrogen-bond acceptors (Lipinski definition) is 0. The van der Waals surface area contributed by atoms with Crippen LogP contribution in [0.15, 0.2) is 84.9 Å². The fraction of sp³-hybridized carbons (Fsp3) is 0.273. The molecular weight excluding hydrogens is 396 g/mol. The Morgan fingerprint density at radius 1 is 0.424 bits per heavy atom. The molecule has 0 radical (unpaired) electrons. The highest BCUT2D eigenvalue weighted by Crippen LogP contribution is 2.51. The van der Waals surface area contributed by atoms with Gasteiger partial charge in [-0.2, -0.15) is 0 Å². The topological polar surface area (TPSA) is 0 Å². The Labute approximate surface area is 200 Å². The van der Waals surface area contributed by atoms with E-state index in [-0.39, 0.29) is 5.41 Å². The lowest BCUT2D eigenvalue weighted by Crippen LogP contribution is -2.14. The highest BCUT2D eigenvalue weighted by Gasteiger charge is 2.36. The van der Waals surface area contributed by atoms with Crippen LogP contribution in [0.25, 0.3) is 43.4 Å². The third-order valence-electron chi connectivity index (χ3n) is 6.41. The van der Waals surface area contributed by atoms with Crippen LogP contribution in [0.3, 0.4) is 0 Å². The van der Waals surface area contributed by atoms with E-state index in [0.29, 0.717) is 0 Å². The lowest BCUT2D eigenvalue weighted by Gasteiger charge is -2.22. The molecule has 0 nitrogen and oxygen atoms in total. The van der Waals surface area contributed by atoms with Crippen LogP contribution in [0.2, 0.25) is 0 Å². The van der Waals surface area contributed by atoms with Gasteiger partial charge in [0.15, 0.2) is 0 Å². The smallest absolute Gasteiger partial charge is 0.0159 e. The van der Waals surface area contributed by atoms with Gasteiger partial charge in [-0.1, -0.05) is 116 Å². The Balaban J connectivity index is 0.000000475. The maximum absolute atomic E-state index is 2.43. The summed E-state index contributed by atoms with van der Waals surface area (Å²) in [6, 6.07) is 31.5. The van der Waals surface area contributed by atoms with Crippen LogP contribution in [0.4, 0.5) is 0 Å². The predicted molar refractivity (Wildman–Crippen MR) is 151 cm³/mol. The van der Waals surface area contributed by atoms with E-state index in [9.17, 15) is 0 Å². The van der Waals surface area contributed by atoms with Crippen LogP contribution in [-0.4, -0.2) is 0 Å². The van der Waals surface area contributed by atoms with Crippen molar-refractivity contribution in [2.24, 2.45) is 0 Å².